The van der Waals surface area contributed by atoms with E-state index in [1.807, 2.05) is 19.1 Å². The van der Waals surface area contributed by atoms with Gasteiger partial charge in [-0.1, -0.05) is 55.1 Å². The summed E-state index contributed by atoms with van der Waals surface area (Å²) in [6.07, 6.45) is 9.75. The zero-order valence-electron chi connectivity index (χ0n) is 21.1. The maximum atomic E-state index is 14.1. The molecule has 0 bridgehead atoms. The van der Waals surface area contributed by atoms with E-state index in [1.54, 1.807) is 53.4 Å². The Morgan fingerprint density at radius 3 is 2.68 bits per heavy atom. The van der Waals surface area contributed by atoms with Crippen molar-refractivity contribution in [2.45, 2.75) is 57.7 Å². The number of amides is 2. The molecule has 0 spiro atoms. The van der Waals surface area contributed by atoms with E-state index in [1.165, 1.54) is 11.3 Å². The van der Waals surface area contributed by atoms with Crippen molar-refractivity contribution in [1.29, 1.82) is 0 Å². The first-order valence-corrected chi connectivity index (χ1v) is 13.1. The molecule has 9 nitrogen and oxygen atoms in total. The summed E-state index contributed by atoms with van der Waals surface area (Å²) >= 11 is 6.66. The van der Waals surface area contributed by atoms with Crippen molar-refractivity contribution in [1.82, 2.24) is 25.1 Å². The van der Waals surface area contributed by atoms with Gasteiger partial charge in [-0.15, -0.1) is 10.2 Å². The highest BCUT2D eigenvalue weighted by molar-refractivity contribution is 6.31. The molecular formula is C28H29ClN6O3. The molecule has 1 aliphatic rings. The van der Waals surface area contributed by atoms with Gasteiger partial charge in [-0.3, -0.25) is 14.5 Å². The topological polar surface area (TPSA) is 106 Å². The molecule has 1 N–H and O–H groups in total. The van der Waals surface area contributed by atoms with Crippen molar-refractivity contribution in [3.63, 3.8) is 0 Å². The lowest BCUT2D eigenvalue weighted by molar-refractivity contribution is -0.127. The highest BCUT2D eigenvalue weighted by atomic mass is 35.5. The summed E-state index contributed by atoms with van der Waals surface area (Å²) in [5.74, 6) is 0.436. The van der Waals surface area contributed by atoms with Gasteiger partial charge in [0.25, 0.3) is 0 Å². The zero-order valence-corrected chi connectivity index (χ0v) is 21.8. The van der Waals surface area contributed by atoms with Gasteiger partial charge < -0.3 is 14.3 Å². The SMILES string of the molecule is Cc1nccn1CC(=O)N(c1cccc(-c2nnco2)c1)C(C(=O)NC1CCCCC1)c1ccccc1Cl. The molecule has 1 fully saturated rings. The summed E-state index contributed by atoms with van der Waals surface area (Å²) in [4.78, 5) is 33.9. The standard InChI is InChI=1S/C28H29ClN6O3/c1-19-30-14-15-34(19)17-25(36)35(22-11-7-8-20(16-22)28-33-31-18-38-28)26(23-12-5-6-13-24(23)29)27(37)32-21-9-3-2-4-10-21/h5-8,11-16,18,21,26H,2-4,9-10,17H2,1H3,(H,32,37). The first-order valence-electron chi connectivity index (χ1n) is 12.7. The summed E-state index contributed by atoms with van der Waals surface area (Å²) in [7, 11) is 0. The molecule has 0 aliphatic heterocycles. The first kappa shape index (κ1) is 25.7. The summed E-state index contributed by atoms with van der Waals surface area (Å²) in [6, 6.07) is 13.4. The Bertz CT molecular complexity index is 1400. The van der Waals surface area contributed by atoms with Crippen molar-refractivity contribution in [2.24, 2.45) is 0 Å². The molecule has 2 amide bonds. The molecule has 2 aromatic carbocycles. The van der Waals surface area contributed by atoms with Gasteiger partial charge in [0.2, 0.25) is 24.1 Å². The molecule has 2 aromatic heterocycles. The predicted octanol–water partition coefficient (Wildman–Crippen LogP) is 5.12. The van der Waals surface area contributed by atoms with Gasteiger partial charge in [0.15, 0.2) is 0 Å². The van der Waals surface area contributed by atoms with E-state index in [0.29, 0.717) is 33.6 Å². The lowest BCUT2D eigenvalue weighted by Gasteiger charge is -2.34. The van der Waals surface area contributed by atoms with Gasteiger partial charge in [0, 0.05) is 40.3 Å². The van der Waals surface area contributed by atoms with E-state index in [0.717, 1.165) is 32.1 Å². The highest BCUT2D eigenvalue weighted by Gasteiger charge is 2.35. The minimum Gasteiger partial charge on any atom is -0.423 e. The molecular weight excluding hydrogens is 504 g/mol. The van der Waals surface area contributed by atoms with E-state index in [2.05, 4.69) is 20.5 Å². The van der Waals surface area contributed by atoms with Gasteiger partial charge in [-0.2, -0.15) is 0 Å². The Morgan fingerprint density at radius 1 is 1.16 bits per heavy atom. The summed E-state index contributed by atoms with van der Waals surface area (Å²) in [5, 5.41) is 11.4. The summed E-state index contributed by atoms with van der Waals surface area (Å²) in [6.45, 7) is 1.82. The quantitative estimate of drug-likeness (QED) is 0.337. The van der Waals surface area contributed by atoms with Crippen LogP contribution < -0.4 is 10.2 Å². The van der Waals surface area contributed by atoms with Gasteiger partial charge in [-0.05, 0) is 44.0 Å². The third-order valence-corrected chi connectivity index (χ3v) is 7.23. The number of carbonyl (C=O) groups excluding carboxylic acids is 2. The normalized spacial score (nSPS) is 14.7. The number of hydrogen-bond donors (Lipinski definition) is 1. The van der Waals surface area contributed by atoms with E-state index in [9.17, 15) is 9.59 Å². The minimum absolute atomic E-state index is 0.00567. The van der Waals surface area contributed by atoms with Gasteiger partial charge >= 0.3 is 0 Å². The third kappa shape index (κ3) is 5.62. The van der Waals surface area contributed by atoms with Crippen LogP contribution in [0.15, 0.2) is 71.7 Å². The third-order valence-electron chi connectivity index (χ3n) is 6.89. The zero-order chi connectivity index (χ0) is 26.5. The summed E-state index contributed by atoms with van der Waals surface area (Å²) < 4.78 is 7.14. The molecule has 1 saturated carbocycles. The smallest absolute Gasteiger partial charge is 0.248 e. The van der Waals surface area contributed by atoms with Crippen LogP contribution >= 0.6 is 11.6 Å². The first-order chi connectivity index (χ1) is 18.5. The van der Waals surface area contributed by atoms with E-state index < -0.39 is 6.04 Å². The fraction of sp³-hybridized carbons (Fsp3) is 0.321. The number of aromatic nitrogens is 4. The Hall–Kier alpha value is -3.98. The number of carbonyl (C=O) groups is 2. The number of hydrogen-bond acceptors (Lipinski definition) is 6. The van der Waals surface area contributed by atoms with Crippen molar-refractivity contribution < 1.29 is 14.0 Å². The number of imidazole rings is 1. The molecule has 38 heavy (non-hydrogen) atoms. The number of rotatable bonds is 8. The van der Waals surface area contributed by atoms with E-state index >= 15 is 0 Å². The van der Waals surface area contributed by atoms with Crippen LogP contribution in [0, 0.1) is 6.92 Å². The molecule has 196 valence electrons. The Kier molecular flexibility index (Phi) is 7.83. The molecule has 1 aliphatic carbocycles. The lowest BCUT2D eigenvalue weighted by atomic mass is 9.94. The van der Waals surface area contributed by atoms with Crippen molar-refractivity contribution >= 4 is 29.1 Å². The number of nitrogens with zero attached hydrogens (tertiary/aromatic N) is 5. The Morgan fingerprint density at radius 2 is 1.97 bits per heavy atom. The molecule has 2 heterocycles. The second kappa shape index (κ2) is 11.6. The molecule has 4 aromatic rings. The maximum absolute atomic E-state index is 14.1. The number of halogens is 1. The number of benzene rings is 2. The largest absolute Gasteiger partial charge is 0.423 e. The van der Waals surface area contributed by atoms with Crippen LogP contribution in [-0.4, -0.2) is 37.6 Å². The second-order valence-electron chi connectivity index (χ2n) is 9.43. The van der Waals surface area contributed by atoms with Crippen molar-refractivity contribution in [3.05, 3.63) is 83.7 Å². The van der Waals surface area contributed by atoms with Crippen LogP contribution in [0.25, 0.3) is 11.5 Å². The maximum Gasteiger partial charge on any atom is 0.248 e. The summed E-state index contributed by atoms with van der Waals surface area (Å²) in [5.41, 5.74) is 1.68. The Labute approximate surface area is 225 Å². The second-order valence-corrected chi connectivity index (χ2v) is 9.84. The molecule has 1 unspecified atom stereocenters. The monoisotopic (exact) mass is 532 g/mol. The van der Waals surface area contributed by atoms with Crippen LogP contribution in [0.1, 0.15) is 49.5 Å². The predicted molar refractivity (Wildman–Crippen MR) is 143 cm³/mol. The number of anilines is 1. The molecule has 0 saturated heterocycles. The van der Waals surface area contributed by atoms with Crippen molar-refractivity contribution in [3.8, 4) is 11.5 Å². The van der Waals surface area contributed by atoms with Crippen molar-refractivity contribution in [2.75, 3.05) is 4.90 Å². The van der Waals surface area contributed by atoms with E-state index in [-0.39, 0.29) is 24.4 Å². The van der Waals surface area contributed by atoms with Crippen LogP contribution in [0.2, 0.25) is 5.02 Å². The van der Waals surface area contributed by atoms with Crippen LogP contribution in [0.5, 0.6) is 0 Å². The van der Waals surface area contributed by atoms with E-state index in [4.69, 9.17) is 16.0 Å². The number of aryl methyl sites for hydroxylation is 1. The van der Waals surface area contributed by atoms with Crippen LogP contribution in [-0.2, 0) is 16.1 Å². The Balaban J connectivity index is 1.60. The minimum atomic E-state index is -1.00. The number of nitrogens with one attached hydrogen (secondary N) is 1. The molecule has 0 radical (unpaired) electrons. The average Bonchev–Trinajstić information content (AvgIpc) is 3.61. The lowest BCUT2D eigenvalue weighted by Crippen LogP contribution is -2.48. The highest BCUT2D eigenvalue weighted by Crippen LogP contribution is 2.34. The average molecular weight is 533 g/mol. The van der Waals surface area contributed by atoms with Gasteiger partial charge in [0.05, 0.1) is 0 Å². The van der Waals surface area contributed by atoms with Gasteiger partial charge in [-0.25, -0.2) is 4.98 Å². The van der Waals surface area contributed by atoms with Crippen LogP contribution in [0.3, 0.4) is 0 Å². The van der Waals surface area contributed by atoms with Gasteiger partial charge in [0.1, 0.15) is 18.4 Å². The fourth-order valence-electron chi connectivity index (χ4n) is 4.94. The van der Waals surface area contributed by atoms with Crippen LogP contribution in [0.4, 0.5) is 5.69 Å². The molecule has 5 rings (SSSR count). The molecule has 10 heteroatoms. The fourth-order valence-corrected chi connectivity index (χ4v) is 5.18. The molecule has 1 atom stereocenters.